The van der Waals surface area contributed by atoms with Crippen molar-refractivity contribution in [3.63, 3.8) is 0 Å². The molecule has 2 heterocycles. The first-order chi connectivity index (χ1) is 13.9. The molecule has 29 heavy (non-hydrogen) atoms. The predicted molar refractivity (Wildman–Crippen MR) is 109 cm³/mol. The molecule has 8 nitrogen and oxygen atoms in total. The quantitative estimate of drug-likeness (QED) is 0.758. The first-order valence-electron chi connectivity index (χ1n) is 10.3. The summed E-state index contributed by atoms with van der Waals surface area (Å²) >= 11 is 0. The third-order valence-electron chi connectivity index (χ3n) is 6.03. The van der Waals surface area contributed by atoms with Gasteiger partial charge in [-0.3, -0.25) is 19.8 Å². The van der Waals surface area contributed by atoms with E-state index in [1.165, 1.54) is 0 Å². The molecular formula is C21H27N5O3. The molecule has 2 N–H and O–H groups in total. The van der Waals surface area contributed by atoms with Crippen molar-refractivity contribution < 1.29 is 14.4 Å². The molecule has 2 aromatic rings. The van der Waals surface area contributed by atoms with Crippen molar-refractivity contribution in [2.24, 2.45) is 5.92 Å². The third kappa shape index (κ3) is 3.47. The predicted octanol–water partition coefficient (Wildman–Crippen LogP) is 2.89. The number of aromatic nitrogens is 2. The summed E-state index contributed by atoms with van der Waals surface area (Å²) in [6, 6.07) is 7.19. The third-order valence-corrected chi connectivity index (χ3v) is 6.03. The van der Waals surface area contributed by atoms with E-state index in [4.69, 9.17) is 0 Å². The van der Waals surface area contributed by atoms with Gasteiger partial charge in [-0.15, -0.1) is 0 Å². The largest absolute Gasteiger partial charge is 0.325 e. The number of nitrogens with zero attached hydrogens (tertiary/aromatic N) is 3. The summed E-state index contributed by atoms with van der Waals surface area (Å²) in [5.41, 5.74) is 0.899. The number of carbonyl (C=O) groups excluding carboxylic acids is 3. The summed E-state index contributed by atoms with van der Waals surface area (Å²) < 4.78 is 1.95. The minimum Gasteiger partial charge on any atom is -0.323 e. The van der Waals surface area contributed by atoms with Gasteiger partial charge in [0.05, 0.1) is 11.0 Å². The number of carbonyl (C=O) groups is 3. The topological polar surface area (TPSA) is 96.3 Å². The summed E-state index contributed by atoms with van der Waals surface area (Å²) in [5.74, 6) is 0.273. The van der Waals surface area contributed by atoms with Gasteiger partial charge in [-0.25, -0.2) is 9.78 Å². The van der Waals surface area contributed by atoms with Gasteiger partial charge < -0.3 is 9.88 Å². The lowest BCUT2D eigenvalue weighted by Gasteiger charge is -2.33. The lowest BCUT2D eigenvalue weighted by molar-refractivity contribution is -0.135. The van der Waals surface area contributed by atoms with Crippen LogP contribution in [0.15, 0.2) is 24.3 Å². The Hall–Kier alpha value is -2.90. The van der Waals surface area contributed by atoms with Crippen LogP contribution in [0.2, 0.25) is 0 Å². The number of rotatable bonds is 5. The summed E-state index contributed by atoms with van der Waals surface area (Å²) in [6.07, 6.45) is 3.93. The van der Waals surface area contributed by atoms with Crippen molar-refractivity contribution >= 4 is 34.8 Å². The summed E-state index contributed by atoms with van der Waals surface area (Å²) in [7, 11) is 0. The van der Waals surface area contributed by atoms with Gasteiger partial charge in [0.2, 0.25) is 11.9 Å². The van der Waals surface area contributed by atoms with Crippen LogP contribution < -0.4 is 10.6 Å². The van der Waals surface area contributed by atoms with E-state index in [0.717, 1.165) is 35.2 Å². The number of benzene rings is 1. The lowest BCUT2D eigenvalue weighted by atomic mass is 9.77. The van der Waals surface area contributed by atoms with E-state index in [9.17, 15) is 14.4 Å². The molecule has 1 aliphatic carbocycles. The van der Waals surface area contributed by atoms with E-state index < -0.39 is 17.5 Å². The van der Waals surface area contributed by atoms with E-state index in [2.05, 4.69) is 29.5 Å². The lowest BCUT2D eigenvalue weighted by Crippen LogP contribution is -2.49. The minimum absolute atomic E-state index is 0.286. The maximum Gasteiger partial charge on any atom is 0.325 e. The number of urea groups is 1. The first kappa shape index (κ1) is 19.4. The number of hydrogen-bond donors (Lipinski definition) is 2. The Morgan fingerprint density at radius 3 is 2.72 bits per heavy atom. The highest BCUT2D eigenvalue weighted by Crippen LogP contribution is 2.36. The highest BCUT2D eigenvalue weighted by Gasteiger charge is 2.52. The smallest absolute Gasteiger partial charge is 0.323 e. The number of hydrogen-bond acceptors (Lipinski definition) is 4. The van der Waals surface area contributed by atoms with E-state index >= 15 is 0 Å². The Labute approximate surface area is 169 Å². The molecule has 1 aromatic carbocycles. The van der Waals surface area contributed by atoms with Crippen LogP contribution in [0.25, 0.3) is 11.0 Å². The van der Waals surface area contributed by atoms with Crippen LogP contribution in [-0.4, -0.2) is 44.4 Å². The fraction of sp³-hybridized carbons (Fsp3) is 0.524. The summed E-state index contributed by atoms with van der Waals surface area (Å²) in [5, 5.41) is 5.64. The second kappa shape index (κ2) is 7.50. The monoisotopic (exact) mass is 397 g/mol. The molecule has 0 atom stereocenters. The van der Waals surface area contributed by atoms with Gasteiger partial charge >= 0.3 is 6.03 Å². The Bertz CT molecular complexity index is 958. The molecule has 0 radical (unpaired) electrons. The van der Waals surface area contributed by atoms with Gasteiger partial charge in [0, 0.05) is 6.54 Å². The van der Waals surface area contributed by atoms with Gasteiger partial charge in [-0.1, -0.05) is 26.0 Å². The van der Waals surface area contributed by atoms with Crippen molar-refractivity contribution in [2.45, 2.75) is 58.0 Å². The highest BCUT2D eigenvalue weighted by atomic mass is 16.2. The molecule has 1 spiro atoms. The van der Waals surface area contributed by atoms with Crippen LogP contribution in [0.4, 0.5) is 10.7 Å². The van der Waals surface area contributed by atoms with Gasteiger partial charge in [-0.2, -0.15) is 0 Å². The standard InChI is InChI=1S/C21H27N5O3/c1-3-12-25-16-7-5-4-6-15(16)22-19(25)23-17(27)13-26-18(28)21(24-20(26)29)10-8-14(2)9-11-21/h4-7,14H,3,8-13H2,1-2H3,(H,24,29)(H,22,23,27). The second-order valence-electron chi connectivity index (χ2n) is 8.21. The van der Waals surface area contributed by atoms with Crippen LogP contribution in [0.3, 0.4) is 0 Å². The van der Waals surface area contributed by atoms with Crippen LogP contribution >= 0.6 is 0 Å². The normalized spacial score (nSPS) is 24.3. The van der Waals surface area contributed by atoms with Crippen molar-refractivity contribution in [3.8, 4) is 0 Å². The van der Waals surface area contributed by atoms with Crippen LogP contribution in [0.5, 0.6) is 0 Å². The second-order valence-corrected chi connectivity index (χ2v) is 8.21. The Kier molecular flexibility index (Phi) is 5.02. The molecular weight excluding hydrogens is 370 g/mol. The summed E-state index contributed by atoms with van der Waals surface area (Å²) in [6.45, 7) is 4.61. The zero-order valence-electron chi connectivity index (χ0n) is 16.9. The number of para-hydroxylation sites is 2. The van der Waals surface area contributed by atoms with E-state index in [1.54, 1.807) is 0 Å². The SMILES string of the molecule is CCCn1c(NC(=O)CN2C(=O)NC3(CCC(C)CC3)C2=O)nc2ccccc21. The number of imide groups is 1. The van der Waals surface area contributed by atoms with Crippen molar-refractivity contribution in [2.75, 3.05) is 11.9 Å². The number of aryl methyl sites for hydroxylation is 1. The van der Waals surface area contributed by atoms with Crippen molar-refractivity contribution in [1.29, 1.82) is 0 Å². The molecule has 1 saturated carbocycles. The number of amides is 4. The van der Waals surface area contributed by atoms with E-state index in [1.807, 2.05) is 28.8 Å². The van der Waals surface area contributed by atoms with Gasteiger partial charge in [0.25, 0.3) is 5.91 Å². The van der Waals surface area contributed by atoms with E-state index in [-0.39, 0.29) is 12.5 Å². The first-order valence-corrected chi connectivity index (χ1v) is 10.3. The average Bonchev–Trinajstić information content (AvgIpc) is 3.15. The van der Waals surface area contributed by atoms with Gasteiger partial charge in [-0.05, 0) is 50.2 Å². The number of fused-ring (bicyclic) bond motifs is 1. The fourth-order valence-electron chi connectivity index (χ4n) is 4.34. The molecule has 154 valence electrons. The van der Waals surface area contributed by atoms with Crippen LogP contribution in [-0.2, 0) is 16.1 Å². The van der Waals surface area contributed by atoms with E-state index in [0.29, 0.717) is 31.3 Å². The molecule has 1 aliphatic heterocycles. The maximum atomic E-state index is 12.9. The van der Waals surface area contributed by atoms with Crippen LogP contribution in [0, 0.1) is 5.92 Å². The zero-order valence-corrected chi connectivity index (χ0v) is 16.9. The van der Waals surface area contributed by atoms with Crippen molar-refractivity contribution in [1.82, 2.24) is 19.8 Å². The number of nitrogens with one attached hydrogen (secondary N) is 2. The molecule has 4 amide bonds. The van der Waals surface area contributed by atoms with Gasteiger partial charge in [0.15, 0.2) is 0 Å². The molecule has 2 aliphatic rings. The minimum atomic E-state index is -0.834. The summed E-state index contributed by atoms with van der Waals surface area (Å²) in [4.78, 5) is 43.6. The molecule has 0 unspecified atom stereocenters. The maximum absolute atomic E-state index is 12.9. The molecule has 4 rings (SSSR count). The Balaban J connectivity index is 1.49. The molecule has 1 saturated heterocycles. The highest BCUT2D eigenvalue weighted by molar-refractivity contribution is 6.10. The number of imidazole rings is 1. The molecule has 8 heteroatoms. The Morgan fingerprint density at radius 1 is 1.28 bits per heavy atom. The molecule has 0 bridgehead atoms. The van der Waals surface area contributed by atoms with Crippen molar-refractivity contribution in [3.05, 3.63) is 24.3 Å². The Morgan fingerprint density at radius 2 is 2.00 bits per heavy atom. The molecule has 2 fully saturated rings. The van der Waals surface area contributed by atoms with Gasteiger partial charge in [0.1, 0.15) is 12.1 Å². The van der Waals surface area contributed by atoms with Crippen LogP contribution in [0.1, 0.15) is 46.0 Å². The zero-order chi connectivity index (χ0) is 20.6. The number of anilines is 1. The average molecular weight is 397 g/mol. The fourth-order valence-corrected chi connectivity index (χ4v) is 4.34. The molecule has 1 aromatic heterocycles.